The summed E-state index contributed by atoms with van der Waals surface area (Å²) in [5, 5.41) is 2.28. The molecule has 19 heavy (non-hydrogen) atoms. The number of piperidine rings is 1. The molecule has 3 rings (SSSR count). The Morgan fingerprint density at radius 2 is 2.05 bits per heavy atom. The fourth-order valence-electron chi connectivity index (χ4n) is 2.63. The van der Waals surface area contributed by atoms with Gasteiger partial charge in [-0.1, -0.05) is 0 Å². The van der Waals surface area contributed by atoms with Crippen LogP contribution in [0.1, 0.15) is 28.8 Å². The molecule has 0 aliphatic carbocycles. The highest BCUT2D eigenvalue weighted by molar-refractivity contribution is 6.05. The second kappa shape index (κ2) is 4.17. The van der Waals surface area contributed by atoms with Gasteiger partial charge in [-0.05, 0) is 24.1 Å². The highest BCUT2D eigenvalue weighted by atomic mass is 16.2. The summed E-state index contributed by atoms with van der Waals surface area (Å²) < 4.78 is 0. The van der Waals surface area contributed by atoms with Gasteiger partial charge in [-0.3, -0.25) is 19.7 Å². The molecule has 0 bridgehead atoms. The van der Waals surface area contributed by atoms with E-state index in [2.05, 4.69) is 11.1 Å². The van der Waals surface area contributed by atoms with Gasteiger partial charge < -0.3 is 10.6 Å². The maximum absolute atomic E-state index is 12.3. The first kappa shape index (κ1) is 11.9. The van der Waals surface area contributed by atoms with Crippen LogP contribution in [-0.2, 0) is 16.1 Å². The van der Waals surface area contributed by atoms with E-state index in [0.29, 0.717) is 18.5 Å². The molecule has 0 unspecified atom stereocenters. The van der Waals surface area contributed by atoms with Gasteiger partial charge in [0.15, 0.2) is 0 Å². The van der Waals surface area contributed by atoms with Gasteiger partial charge in [0.05, 0.1) is 0 Å². The van der Waals surface area contributed by atoms with Gasteiger partial charge in [0, 0.05) is 24.6 Å². The Labute approximate surface area is 109 Å². The summed E-state index contributed by atoms with van der Waals surface area (Å²) in [7, 11) is 0. The van der Waals surface area contributed by atoms with Crippen molar-refractivity contribution in [1.29, 1.82) is 0 Å². The molecule has 1 atom stereocenters. The normalized spacial score (nSPS) is 22.5. The Balaban J connectivity index is 1.87. The molecule has 2 heterocycles. The lowest BCUT2D eigenvalue weighted by molar-refractivity contribution is -0.254. The quantitative estimate of drug-likeness (QED) is 0.655. The van der Waals surface area contributed by atoms with E-state index in [9.17, 15) is 14.4 Å². The van der Waals surface area contributed by atoms with Crippen LogP contribution in [0.15, 0.2) is 18.2 Å². The van der Waals surface area contributed by atoms with Gasteiger partial charge in [0.1, 0.15) is 11.7 Å². The lowest BCUT2D eigenvalue weighted by Gasteiger charge is -2.29. The van der Waals surface area contributed by atoms with Gasteiger partial charge in [0.2, 0.25) is 11.8 Å². The molecule has 1 fully saturated rings. The first-order chi connectivity index (χ1) is 9.06. The summed E-state index contributed by atoms with van der Waals surface area (Å²) in [5.74, 6) is -0.804. The largest absolute Gasteiger partial charge is 0.325 e. The molecule has 0 aromatic heterocycles. The average molecular weight is 260 g/mol. The second-order valence-corrected chi connectivity index (χ2v) is 4.89. The maximum atomic E-state index is 12.3. The second-order valence-electron chi connectivity index (χ2n) is 4.89. The maximum Gasteiger partial charge on any atom is 0.255 e. The van der Waals surface area contributed by atoms with E-state index in [1.165, 1.54) is 4.90 Å². The lowest BCUT2D eigenvalue weighted by atomic mass is 10.0. The molecule has 0 radical (unpaired) electrons. The van der Waals surface area contributed by atoms with Crippen molar-refractivity contribution >= 4 is 23.4 Å². The lowest BCUT2D eigenvalue weighted by Crippen LogP contribution is -2.52. The van der Waals surface area contributed by atoms with E-state index in [1.807, 2.05) is 6.07 Å². The number of fused-ring (bicyclic) bond motifs is 1. The fraction of sp³-hybridized carbons (Fsp3) is 0.308. The summed E-state index contributed by atoms with van der Waals surface area (Å²) in [6.07, 6.45) is 0.665. The van der Waals surface area contributed by atoms with E-state index in [-0.39, 0.29) is 24.1 Å². The number of rotatable bonds is 1. The number of imide groups is 1. The Morgan fingerprint density at radius 3 is 2.79 bits per heavy atom. The Hall–Kier alpha value is -2.21. The van der Waals surface area contributed by atoms with Crippen molar-refractivity contribution < 1.29 is 20.1 Å². The van der Waals surface area contributed by atoms with Gasteiger partial charge in [0.25, 0.3) is 5.91 Å². The van der Waals surface area contributed by atoms with E-state index in [1.54, 1.807) is 12.1 Å². The number of quaternary nitrogens is 1. The summed E-state index contributed by atoms with van der Waals surface area (Å²) in [6.45, 7) is 0.407. The third-order valence-corrected chi connectivity index (χ3v) is 3.59. The highest BCUT2D eigenvalue weighted by Crippen LogP contribution is 2.28. The Bertz CT molecular complexity index is 597. The zero-order valence-corrected chi connectivity index (χ0v) is 10.3. The molecule has 1 saturated heterocycles. The third kappa shape index (κ3) is 1.90. The van der Waals surface area contributed by atoms with Crippen molar-refractivity contribution in [2.75, 3.05) is 0 Å². The van der Waals surface area contributed by atoms with Crippen LogP contribution < -0.4 is 11.1 Å². The van der Waals surface area contributed by atoms with Crippen LogP contribution in [0.25, 0.3) is 0 Å². The highest BCUT2D eigenvalue weighted by Gasteiger charge is 2.39. The SMILES string of the molecule is [NH3+]c1ccc2c(c1)CN([C@H]1CCC(=O)NC1=O)C2=O. The topological polar surface area (TPSA) is 94.1 Å². The molecule has 6 heteroatoms. The number of nitrogens with one attached hydrogen (secondary N) is 1. The minimum Gasteiger partial charge on any atom is -0.325 e. The summed E-state index contributed by atoms with van der Waals surface area (Å²) in [6, 6.07) is 4.83. The number of nitrogens with zero attached hydrogens (tertiary/aromatic N) is 1. The summed E-state index contributed by atoms with van der Waals surface area (Å²) in [5.41, 5.74) is 6.19. The predicted octanol–water partition coefficient (Wildman–Crippen LogP) is -0.679. The molecule has 98 valence electrons. The predicted molar refractivity (Wildman–Crippen MR) is 65.0 cm³/mol. The zero-order chi connectivity index (χ0) is 13.6. The van der Waals surface area contributed by atoms with E-state index in [0.717, 1.165) is 11.3 Å². The zero-order valence-electron chi connectivity index (χ0n) is 10.3. The molecule has 1 aromatic rings. The number of carbonyl (C=O) groups excluding carboxylic acids is 3. The number of benzene rings is 1. The molecule has 0 saturated carbocycles. The smallest absolute Gasteiger partial charge is 0.255 e. The van der Waals surface area contributed by atoms with Crippen LogP contribution in [0.5, 0.6) is 0 Å². The van der Waals surface area contributed by atoms with Gasteiger partial charge >= 0.3 is 0 Å². The molecule has 3 amide bonds. The van der Waals surface area contributed by atoms with Crippen molar-refractivity contribution in [3.8, 4) is 0 Å². The molecule has 1 aromatic carbocycles. The number of carbonyl (C=O) groups is 3. The monoisotopic (exact) mass is 260 g/mol. The first-order valence-electron chi connectivity index (χ1n) is 6.16. The molecule has 6 nitrogen and oxygen atoms in total. The van der Waals surface area contributed by atoms with Crippen LogP contribution in [0.4, 0.5) is 5.69 Å². The van der Waals surface area contributed by atoms with Crippen molar-refractivity contribution in [2.24, 2.45) is 0 Å². The fourth-order valence-corrected chi connectivity index (χ4v) is 2.63. The Kier molecular flexibility index (Phi) is 2.60. The van der Waals surface area contributed by atoms with Crippen LogP contribution in [0, 0.1) is 0 Å². The molecule has 2 aliphatic rings. The number of hydrogen-bond acceptors (Lipinski definition) is 3. The van der Waals surface area contributed by atoms with Gasteiger partial charge in [-0.2, -0.15) is 0 Å². The standard InChI is InChI=1S/C13H13N3O3/c14-8-1-2-9-7(5-8)6-16(13(9)19)10-3-4-11(17)15-12(10)18/h1-2,5,10H,3-4,6,14H2,(H,15,17,18)/p+1/t10-/m0/s1. The molecule has 2 aliphatic heterocycles. The minimum atomic E-state index is -0.550. The average Bonchev–Trinajstić information content (AvgIpc) is 2.66. The molecule has 0 spiro atoms. The van der Waals surface area contributed by atoms with Crippen molar-refractivity contribution in [3.05, 3.63) is 29.3 Å². The third-order valence-electron chi connectivity index (χ3n) is 3.59. The van der Waals surface area contributed by atoms with E-state index in [4.69, 9.17) is 0 Å². The van der Waals surface area contributed by atoms with Crippen LogP contribution in [0.3, 0.4) is 0 Å². The van der Waals surface area contributed by atoms with Crippen LogP contribution in [0.2, 0.25) is 0 Å². The number of hydrogen-bond donors (Lipinski definition) is 2. The Morgan fingerprint density at radius 1 is 1.26 bits per heavy atom. The van der Waals surface area contributed by atoms with Crippen molar-refractivity contribution in [1.82, 2.24) is 10.2 Å². The number of amides is 3. The van der Waals surface area contributed by atoms with Crippen molar-refractivity contribution in [3.63, 3.8) is 0 Å². The molecule has 4 N–H and O–H groups in total. The van der Waals surface area contributed by atoms with E-state index < -0.39 is 6.04 Å². The van der Waals surface area contributed by atoms with E-state index >= 15 is 0 Å². The molecular weight excluding hydrogens is 246 g/mol. The van der Waals surface area contributed by atoms with Crippen LogP contribution >= 0.6 is 0 Å². The van der Waals surface area contributed by atoms with Gasteiger partial charge in [-0.25, -0.2) is 0 Å². The first-order valence-corrected chi connectivity index (χ1v) is 6.16. The molecular formula is C13H14N3O3+. The summed E-state index contributed by atoms with van der Waals surface area (Å²) >= 11 is 0. The van der Waals surface area contributed by atoms with Gasteiger partial charge in [-0.15, -0.1) is 0 Å². The van der Waals surface area contributed by atoms with Crippen LogP contribution in [-0.4, -0.2) is 28.7 Å². The van der Waals surface area contributed by atoms with Crippen molar-refractivity contribution in [2.45, 2.75) is 25.4 Å². The summed E-state index contributed by atoms with van der Waals surface area (Å²) in [4.78, 5) is 36.8. The minimum absolute atomic E-state index is 0.149.